The fourth-order valence-electron chi connectivity index (χ4n) is 7.41. The predicted octanol–water partition coefficient (Wildman–Crippen LogP) is 0.810. The molecular weight excluding hydrogens is 520 g/mol. The molecular formula is C30H52N8O3. The first-order chi connectivity index (χ1) is 19.5. The molecule has 0 bridgehead atoms. The summed E-state index contributed by atoms with van der Waals surface area (Å²) in [5.74, 6) is 0.714. The molecule has 1 aromatic carbocycles. The van der Waals surface area contributed by atoms with Gasteiger partial charge in [-0.2, -0.15) is 0 Å². The van der Waals surface area contributed by atoms with Crippen LogP contribution in [0.1, 0.15) is 58.9 Å². The molecule has 8 N–H and O–H groups in total. The quantitative estimate of drug-likeness (QED) is 0.239. The molecule has 0 aromatic heterocycles. The van der Waals surface area contributed by atoms with E-state index in [0.29, 0.717) is 31.8 Å². The number of anilines is 2. The summed E-state index contributed by atoms with van der Waals surface area (Å²) in [5.41, 5.74) is 10.3. The van der Waals surface area contributed by atoms with Crippen LogP contribution in [0.5, 0.6) is 0 Å². The summed E-state index contributed by atoms with van der Waals surface area (Å²) in [4.78, 5) is 6.58. The van der Waals surface area contributed by atoms with Crippen LogP contribution in [-0.4, -0.2) is 114 Å². The van der Waals surface area contributed by atoms with Gasteiger partial charge in [-0.3, -0.25) is 20.4 Å². The van der Waals surface area contributed by atoms with Gasteiger partial charge in [-0.05, 0) is 68.3 Å². The molecule has 4 heterocycles. The van der Waals surface area contributed by atoms with Crippen molar-refractivity contribution in [3.8, 4) is 0 Å². The third kappa shape index (κ3) is 5.73. The van der Waals surface area contributed by atoms with Crippen molar-refractivity contribution in [2.24, 2.45) is 11.7 Å². The lowest BCUT2D eigenvalue weighted by Gasteiger charge is -2.44. The van der Waals surface area contributed by atoms with Crippen LogP contribution < -0.4 is 27.0 Å². The van der Waals surface area contributed by atoms with E-state index in [4.69, 9.17) is 10.5 Å². The third-order valence-corrected chi connectivity index (χ3v) is 10.3. The molecule has 3 saturated heterocycles. The number of likely N-dealkylation sites (N-methyl/N-ethyl adjacent to an activating group) is 2. The van der Waals surface area contributed by atoms with E-state index in [1.807, 2.05) is 7.05 Å². The van der Waals surface area contributed by atoms with Crippen molar-refractivity contribution in [1.29, 1.82) is 0 Å². The zero-order valence-corrected chi connectivity index (χ0v) is 25.4. The second kappa shape index (κ2) is 11.5. The van der Waals surface area contributed by atoms with Crippen molar-refractivity contribution in [1.82, 2.24) is 25.3 Å². The zero-order valence-electron chi connectivity index (χ0n) is 25.4. The molecule has 0 spiro atoms. The van der Waals surface area contributed by atoms with Gasteiger partial charge in [0.2, 0.25) is 0 Å². The number of hydrogen-bond acceptors (Lipinski definition) is 11. The van der Waals surface area contributed by atoms with Crippen LogP contribution in [0.2, 0.25) is 0 Å². The highest BCUT2D eigenvalue weighted by Crippen LogP contribution is 2.39. The lowest BCUT2D eigenvalue weighted by atomic mass is 9.76. The number of rotatable bonds is 8. The van der Waals surface area contributed by atoms with Crippen molar-refractivity contribution >= 4 is 11.4 Å². The normalized spacial score (nSPS) is 39.3. The lowest BCUT2D eigenvalue weighted by molar-refractivity contribution is -0.113. The number of aliphatic hydroxyl groups excluding tert-OH is 2. The second-order valence-corrected chi connectivity index (χ2v) is 14.0. The molecule has 8 atom stereocenters. The Morgan fingerprint density at radius 1 is 1.05 bits per heavy atom. The Labute approximate surface area is 245 Å². The van der Waals surface area contributed by atoms with Gasteiger partial charge in [0.05, 0.1) is 49.3 Å². The van der Waals surface area contributed by atoms with Crippen molar-refractivity contribution in [2.75, 3.05) is 44.1 Å². The molecule has 0 radical (unpaired) electrons. The summed E-state index contributed by atoms with van der Waals surface area (Å²) in [6.07, 6.45) is 1.90. The Morgan fingerprint density at radius 2 is 1.80 bits per heavy atom. The van der Waals surface area contributed by atoms with E-state index < -0.39 is 24.5 Å². The number of fused-ring (bicyclic) bond motifs is 2. The summed E-state index contributed by atoms with van der Waals surface area (Å²) < 4.78 is 6.37. The van der Waals surface area contributed by atoms with Crippen molar-refractivity contribution in [3.05, 3.63) is 23.8 Å². The van der Waals surface area contributed by atoms with Gasteiger partial charge in [0, 0.05) is 12.6 Å². The van der Waals surface area contributed by atoms with E-state index in [1.54, 1.807) is 0 Å². The first kappa shape index (κ1) is 29.5. The van der Waals surface area contributed by atoms with E-state index in [1.165, 1.54) is 36.2 Å². The topological polar surface area (TPSA) is 134 Å². The van der Waals surface area contributed by atoms with Crippen LogP contribution >= 0.6 is 0 Å². The largest absolute Gasteiger partial charge is 0.387 e. The number of hydrogen-bond donors (Lipinski definition) is 7. The van der Waals surface area contributed by atoms with Crippen LogP contribution in [-0.2, 0) is 10.2 Å². The maximum Gasteiger partial charge on any atom is 0.142 e. The van der Waals surface area contributed by atoms with Gasteiger partial charge >= 0.3 is 0 Å². The minimum Gasteiger partial charge on any atom is -0.387 e. The van der Waals surface area contributed by atoms with Crippen LogP contribution in [0.4, 0.5) is 11.4 Å². The molecule has 41 heavy (non-hydrogen) atoms. The lowest BCUT2D eigenvalue weighted by Crippen LogP contribution is -2.68. The summed E-state index contributed by atoms with van der Waals surface area (Å²) in [6, 6.07) is 7.27. The van der Waals surface area contributed by atoms with Crippen LogP contribution in [0.3, 0.4) is 0 Å². The molecule has 11 nitrogen and oxygen atoms in total. The molecule has 1 aliphatic carbocycles. The van der Waals surface area contributed by atoms with Crippen molar-refractivity contribution in [2.45, 2.75) is 114 Å². The molecule has 230 valence electrons. The number of nitrogens with zero attached hydrogens (tertiary/aromatic N) is 3. The molecule has 6 rings (SSSR count). The van der Waals surface area contributed by atoms with Crippen LogP contribution in [0.15, 0.2) is 18.2 Å². The summed E-state index contributed by atoms with van der Waals surface area (Å²) in [6.45, 7) is 11.7. The van der Waals surface area contributed by atoms with E-state index in [2.05, 4.69) is 81.9 Å². The smallest absolute Gasteiger partial charge is 0.142 e. The monoisotopic (exact) mass is 572 g/mol. The van der Waals surface area contributed by atoms with Gasteiger partial charge in [-0.15, -0.1) is 0 Å². The number of benzene rings is 1. The van der Waals surface area contributed by atoms with Gasteiger partial charge in [0.15, 0.2) is 0 Å². The summed E-state index contributed by atoms with van der Waals surface area (Å²) in [5, 5.41) is 36.3. The minimum absolute atomic E-state index is 0.0320. The highest BCUT2D eigenvalue weighted by molar-refractivity contribution is 5.75. The standard InChI is InChI=1S/C30H52N8O3/c1-6-37(14-22-25(39)26(40)29(41-22)38-16-32-24-27(31)36(5)15-33-28(24)38)19-11-17(12-19)7-10-23-34-20-9-8-18(30(2,3)4)13-21(20)35-23/h8-9,13,17,19,22-29,32-35,39-40H,6-7,10-12,14-16,31H2,1-5H3/t17?,19?,22-,23?,24?,25-,26-,27?,28?,29-/m1/s1. The highest BCUT2D eigenvalue weighted by atomic mass is 16.6. The average molecular weight is 573 g/mol. The van der Waals surface area contributed by atoms with Gasteiger partial charge < -0.3 is 31.3 Å². The second-order valence-electron chi connectivity index (χ2n) is 14.0. The van der Waals surface area contributed by atoms with Gasteiger partial charge in [0.25, 0.3) is 0 Å². The Kier molecular flexibility index (Phi) is 8.29. The zero-order chi connectivity index (χ0) is 29.1. The van der Waals surface area contributed by atoms with E-state index in [-0.39, 0.29) is 30.0 Å². The van der Waals surface area contributed by atoms with Crippen molar-refractivity contribution in [3.63, 3.8) is 0 Å². The fraction of sp³-hybridized carbons (Fsp3) is 0.800. The molecule has 1 saturated carbocycles. The molecule has 1 aromatic rings. The number of ether oxygens (including phenoxy) is 1. The highest BCUT2D eigenvalue weighted by Gasteiger charge is 2.52. The average Bonchev–Trinajstić information content (AvgIpc) is 3.60. The first-order valence-corrected chi connectivity index (χ1v) is 15.6. The fourth-order valence-corrected chi connectivity index (χ4v) is 7.41. The molecule has 0 amide bonds. The summed E-state index contributed by atoms with van der Waals surface area (Å²) in [7, 11) is 1.99. The Bertz CT molecular complexity index is 1060. The number of nitrogens with one attached hydrogen (secondary N) is 4. The molecule has 4 aliphatic heterocycles. The van der Waals surface area contributed by atoms with E-state index in [0.717, 1.165) is 13.0 Å². The minimum atomic E-state index is -0.957. The molecule has 4 fully saturated rings. The van der Waals surface area contributed by atoms with Gasteiger partial charge in [0.1, 0.15) is 24.5 Å². The SMILES string of the molecule is CCN(C[C@H]1O[C@@H](N2CNC3C(N)N(C)CNC32)[C@H](O)[C@@H]1O)C1CC(CCC2Nc3ccc(C(C)(C)C)cc3N2)C1. The maximum absolute atomic E-state index is 11.0. The third-order valence-electron chi connectivity index (χ3n) is 10.3. The molecule has 5 aliphatic rings. The van der Waals surface area contributed by atoms with Crippen LogP contribution in [0.25, 0.3) is 0 Å². The van der Waals surface area contributed by atoms with E-state index in [9.17, 15) is 10.2 Å². The number of aliphatic hydroxyl groups is 2. The van der Waals surface area contributed by atoms with Gasteiger partial charge in [-0.1, -0.05) is 33.8 Å². The van der Waals surface area contributed by atoms with Crippen LogP contribution in [0, 0.1) is 5.92 Å². The number of nitrogens with two attached hydrogens (primary N) is 1. The van der Waals surface area contributed by atoms with E-state index >= 15 is 0 Å². The maximum atomic E-state index is 11.0. The Hall–Kier alpha value is -1.54. The molecule has 11 heteroatoms. The predicted molar refractivity (Wildman–Crippen MR) is 161 cm³/mol. The van der Waals surface area contributed by atoms with Crippen molar-refractivity contribution < 1.29 is 14.9 Å². The Morgan fingerprint density at radius 3 is 2.54 bits per heavy atom. The Balaban J connectivity index is 0.964. The summed E-state index contributed by atoms with van der Waals surface area (Å²) >= 11 is 0. The first-order valence-electron chi connectivity index (χ1n) is 15.6. The van der Waals surface area contributed by atoms with Gasteiger partial charge in [-0.25, -0.2) is 4.90 Å². The molecule has 4 unspecified atom stereocenters.